The van der Waals surface area contributed by atoms with E-state index in [1.807, 2.05) is 60.4 Å². The van der Waals surface area contributed by atoms with Crippen molar-refractivity contribution in [2.75, 3.05) is 26.3 Å². The summed E-state index contributed by atoms with van der Waals surface area (Å²) < 4.78 is 17.9. The molecule has 252 valence electrons. The Labute approximate surface area is 275 Å². The fourth-order valence-electron chi connectivity index (χ4n) is 5.46. The number of piperidine rings is 1. The van der Waals surface area contributed by atoms with Gasteiger partial charge in [-0.25, -0.2) is 4.79 Å². The molecule has 2 heterocycles. The molecule has 4 rings (SSSR count). The number of hydrogen-bond donors (Lipinski definition) is 2. The smallest absolute Gasteiger partial charge is 0.408 e. The topological polar surface area (TPSA) is 141 Å². The Bertz CT molecular complexity index is 1490. The number of benzene rings is 2. The Kier molecular flexibility index (Phi) is 13.2. The first-order valence-electron chi connectivity index (χ1n) is 16.1. The van der Waals surface area contributed by atoms with E-state index < -0.39 is 18.0 Å². The number of amides is 3. The molecule has 0 saturated carbocycles. The van der Waals surface area contributed by atoms with E-state index in [2.05, 4.69) is 15.7 Å². The van der Waals surface area contributed by atoms with Crippen molar-refractivity contribution >= 4 is 23.9 Å². The molecule has 47 heavy (non-hydrogen) atoms. The molecule has 1 aliphatic heterocycles. The monoisotopic (exact) mass is 647 g/mol. The fourth-order valence-corrected chi connectivity index (χ4v) is 5.46. The first-order chi connectivity index (χ1) is 22.7. The molecule has 1 aromatic heterocycles. The quantitative estimate of drug-likeness (QED) is 0.232. The minimum absolute atomic E-state index is 0.0149. The van der Waals surface area contributed by atoms with Gasteiger partial charge in [0.1, 0.15) is 18.4 Å². The predicted octanol–water partition coefficient (Wildman–Crippen LogP) is 4.36. The molecule has 0 radical (unpaired) electrons. The molecule has 2 unspecified atom stereocenters. The zero-order chi connectivity index (χ0) is 33.6. The summed E-state index contributed by atoms with van der Waals surface area (Å²) in [4.78, 5) is 52.1. The van der Waals surface area contributed by atoms with Gasteiger partial charge in [0.05, 0.1) is 25.8 Å². The van der Waals surface area contributed by atoms with Crippen LogP contribution in [0.15, 0.2) is 60.9 Å². The summed E-state index contributed by atoms with van der Waals surface area (Å²) in [6.45, 7) is 6.18. The maximum atomic E-state index is 13.4. The van der Waals surface area contributed by atoms with Crippen molar-refractivity contribution in [3.05, 3.63) is 83.2 Å². The lowest BCUT2D eigenvalue weighted by atomic mass is 9.95. The number of hydrogen-bond acceptors (Lipinski definition) is 8. The number of aryl methyl sites for hydroxylation is 2. The van der Waals surface area contributed by atoms with Gasteiger partial charge in [-0.1, -0.05) is 36.4 Å². The molecule has 2 atom stereocenters. The van der Waals surface area contributed by atoms with Gasteiger partial charge in [0.25, 0.3) is 0 Å². The van der Waals surface area contributed by atoms with E-state index in [9.17, 15) is 19.2 Å². The van der Waals surface area contributed by atoms with Gasteiger partial charge in [0.2, 0.25) is 11.8 Å². The van der Waals surface area contributed by atoms with Crippen LogP contribution in [-0.2, 0) is 44.1 Å². The van der Waals surface area contributed by atoms with Gasteiger partial charge in [-0.05, 0) is 67.9 Å². The molecule has 2 N–H and O–H groups in total. The maximum Gasteiger partial charge on any atom is 0.408 e. The molecule has 2 aromatic carbocycles. The van der Waals surface area contributed by atoms with Gasteiger partial charge in [-0.15, -0.1) is 0 Å². The summed E-state index contributed by atoms with van der Waals surface area (Å²) in [5.74, 6) is 0.238. The molecule has 12 nitrogen and oxygen atoms in total. The van der Waals surface area contributed by atoms with Crippen molar-refractivity contribution in [3.8, 4) is 5.75 Å². The van der Waals surface area contributed by atoms with Crippen molar-refractivity contribution in [2.45, 2.75) is 65.1 Å². The van der Waals surface area contributed by atoms with E-state index in [-0.39, 0.29) is 37.9 Å². The number of carbonyl (C=O) groups excluding carboxylic acids is 4. The Morgan fingerprint density at radius 2 is 1.87 bits per heavy atom. The summed E-state index contributed by atoms with van der Waals surface area (Å²) in [7, 11) is 1.74. The van der Waals surface area contributed by atoms with Crippen molar-refractivity contribution < 1.29 is 33.4 Å². The molecule has 1 fully saturated rings. The van der Waals surface area contributed by atoms with E-state index in [1.165, 1.54) is 6.20 Å². The van der Waals surface area contributed by atoms with E-state index in [1.54, 1.807) is 24.9 Å². The molecular formula is C35H45N5O7. The number of likely N-dealkylation sites (tertiary alicyclic amines) is 1. The van der Waals surface area contributed by atoms with Crippen molar-refractivity contribution in [1.29, 1.82) is 0 Å². The number of carbonyl (C=O) groups is 4. The average Bonchev–Trinajstić information content (AvgIpc) is 3.51. The first kappa shape index (κ1) is 35.0. The largest absolute Gasteiger partial charge is 0.494 e. The van der Waals surface area contributed by atoms with E-state index >= 15 is 0 Å². The lowest BCUT2D eigenvalue weighted by molar-refractivity contribution is -0.146. The molecule has 0 spiro atoms. The number of esters is 1. The highest BCUT2D eigenvalue weighted by molar-refractivity contribution is 5.86. The van der Waals surface area contributed by atoms with Crippen LogP contribution in [0.25, 0.3) is 0 Å². The minimum Gasteiger partial charge on any atom is -0.494 e. The van der Waals surface area contributed by atoms with E-state index in [0.29, 0.717) is 43.5 Å². The van der Waals surface area contributed by atoms with Crippen LogP contribution in [0.5, 0.6) is 5.75 Å². The Morgan fingerprint density at radius 1 is 1.06 bits per heavy atom. The number of alkyl carbamates (subject to hydrolysis) is 1. The second-order valence-corrected chi connectivity index (χ2v) is 11.7. The summed E-state index contributed by atoms with van der Waals surface area (Å²) in [5.41, 5.74) is 3.22. The maximum absolute atomic E-state index is 13.4. The third kappa shape index (κ3) is 11.2. The van der Waals surface area contributed by atoms with Crippen LogP contribution >= 0.6 is 0 Å². The number of ether oxygens (including phenoxy) is 3. The summed E-state index contributed by atoms with van der Waals surface area (Å²) in [6.07, 6.45) is 5.49. The fraction of sp³-hybridized carbons (Fsp3) is 0.457. The molecule has 0 bridgehead atoms. The molecule has 3 aromatic rings. The van der Waals surface area contributed by atoms with Gasteiger partial charge < -0.3 is 29.7 Å². The van der Waals surface area contributed by atoms with Gasteiger partial charge >= 0.3 is 12.1 Å². The zero-order valence-electron chi connectivity index (χ0n) is 27.4. The number of aromatic nitrogens is 2. The highest BCUT2D eigenvalue weighted by atomic mass is 16.5. The summed E-state index contributed by atoms with van der Waals surface area (Å²) >= 11 is 0. The molecule has 12 heteroatoms. The summed E-state index contributed by atoms with van der Waals surface area (Å²) in [6, 6.07) is 14.0. The summed E-state index contributed by atoms with van der Waals surface area (Å²) in [5, 5.41) is 9.75. The number of nitrogens with one attached hydrogen (secondary N) is 2. The average molecular weight is 648 g/mol. The van der Waals surface area contributed by atoms with Crippen LogP contribution in [-0.4, -0.2) is 64.9 Å². The third-order valence-corrected chi connectivity index (χ3v) is 8.08. The van der Waals surface area contributed by atoms with Crippen LogP contribution in [0.2, 0.25) is 0 Å². The normalized spacial score (nSPS) is 15.0. The van der Waals surface area contributed by atoms with Crippen molar-refractivity contribution in [1.82, 2.24) is 25.3 Å². The second kappa shape index (κ2) is 17.7. The van der Waals surface area contributed by atoms with Crippen LogP contribution < -0.4 is 15.4 Å². The van der Waals surface area contributed by atoms with Crippen molar-refractivity contribution in [2.24, 2.45) is 13.0 Å². The lowest BCUT2D eigenvalue weighted by Crippen LogP contribution is -2.40. The molecular weight excluding hydrogens is 602 g/mol. The van der Waals surface area contributed by atoms with Crippen LogP contribution in [0.1, 0.15) is 67.3 Å². The van der Waals surface area contributed by atoms with E-state index in [4.69, 9.17) is 14.2 Å². The molecule has 0 aliphatic carbocycles. The highest BCUT2D eigenvalue weighted by Crippen LogP contribution is 2.23. The van der Waals surface area contributed by atoms with Crippen LogP contribution in [0.4, 0.5) is 4.79 Å². The second-order valence-electron chi connectivity index (χ2n) is 11.7. The number of rotatable bonds is 15. The molecule has 1 saturated heterocycles. The van der Waals surface area contributed by atoms with E-state index in [0.717, 1.165) is 36.0 Å². The van der Waals surface area contributed by atoms with Crippen LogP contribution in [0, 0.1) is 12.8 Å². The Balaban J connectivity index is 1.27. The van der Waals surface area contributed by atoms with Gasteiger partial charge in [0.15, 0.2) is 0 Å². The lowest BCUT2D eigenvalue weighted by Gasteiger charge is -2.33. The highest BCUT2D eigenvalue weighted by Gasteiger charge is 2.26. The Hall–Kier alpha value is -4.87. The van der Waals surface area contributed by atoms with Gasteiger partial charge in [-0.2, -0.15) is 5.10 Å². The predicted molar refractivity (Wildman–Crippen MR) is 174 cm³/mol. The standard InChI is InChI=1S/C35H45N5O7/c1-4-45-32(42)15-14-31(41)40-17-8-11-26(22-40)16-18-46-30-13-12-25(2)28(19-30)20-36-34(43)33(29-21-37-39(3)23-29)38-35(44)47-24-27-9-6-5-7-10-27/h5-7,9-10,12-13,19,21,23,26,33H,4,8,11,14-18,20,22,24H2,1-3H3,(H,36,43)(H,38,44). The van der Waals surface area contributed by atoms with Gasteiger partial charge in [-0.3, -0.25) is 19.1 Å². The number of nitrogens with zero attached hydrogens (tertiary/aromatic N) is 3. The molecule has 1 aliphatic rings. The van der Waals surface area contributed by atoms with Gasteiger partial charge in [0, 0.05) is 44.9 Å². The minimum atomic E-state index is -1.00. The Morgan fingerprint density at radius 3 is 2.62 bits per heavy atom. The SMILES string of the molecule is CCOC(=O)CCC(=O)N1CCCC(CCOc2ccc(C)c(CNC(=O)C(NC(=O)OCc3ccccc3)c3cnn(C)c3)c2)C1. The first-order valence-corrected chi connectivity index (χ1v) is 16.1. The van der Waals surface area contributed by atoms with Crippen LogP contribution in [0.3, 0.4) is 0 Å². The van der Waals surface area contributed by atoms with Crippen molar-refractivity contribution in [3.63, 3.8) is 0 Å². The molecule has 3 amide bonds. The zero-order valence-corrected chi connectivity index (χ0v) is 27.4. The third-order valence-electron chi connectivity index (χ3n) is 8.08.